The molecule has 8 heteroatoms. The lowest BCUT2D eigenvalue weighted by Gasteiger charge is -2.16. The van der Waals surface area contributed by atoms with Gasteiger partial charge in [-0.1, -0.05) is 20.8 Å². The van der Waals surface area contributed by atoms with Crippen LogP contribution in [-0.2, 0) is 9.47 Å². The van der Waals surface area contributed by atoms with Crippen LogP contribution in [0.4, 0.5) is 26.3 Å². The lowest BCUT2D eigenvalue weighted by atomic mass is 10.0. The zero-order valence-electron chi connectivity index (χ0n) is 11.4. The fraction of sp³-hybridized carbons (Fsp3) is 1.00. The maximum atomic E-state index is 11.7. The van der Waals surface area contributed by atoms with Crippen molar-refractivity contribution in [3.8, 4) is 0 Å². The van der Waals surface area contributed by atoms with Crippen LogP contribution >= 0.6 is 0 Å². The summed E-state index contributed by atoms with van der Waals surface area (Å²) in [5, 5.41) is 0. The van der Waals surface area contributed by atoms with Crippen molar-refractivity contribution in [2.24, 2.45) is 5.92 Å². The van der Waals surface area contributed by atoms with Crippen molar-refractivity contribution in [2.45, 2.75) is 52.0 Å². The van der Waals surface area contributed by atoms with Crippen LogP contribution in [0.15, 0.2) is 0 Å². The molecule has 0 saturated carbocycles. The van der Waals surface area contributed by atoms with E-state index in [2.05, 4.69) is 18.6 Å². The van der Waals surface area contributed by atoms with Crippen molar-refractivity contribution in [1.82, 2.24) is 0 Å². The molecule has 0 heterocycles. The maximum Gasteiger partial charge on any atom is 0.482 e. The van der Waals surface area contributed by atoms with E-state index >= 15 is 0 Å². The Kier molecular flexibility index (Phi) is 10.3. The highest BCUT2D eigenvalue weighted by molar-refractivity contribution is 4.62. The number of hydrogen-bond donors (Lipinski definition) is 0. The van der Waals surface area contributed by atoms with Gasteiger partial charge in [0.2, 0.25) is 0 Å². The molecule has 19 heavy (non-hydrogen) atoms. The topological polar surface area (TPSA) is 18.5 Å². The van der Waals surface area contributed by atoms with E-state index < -0.39 is 19.1 Å². The molecule has 0 saturated heterocycles. The standard InChI is InChI=1S/C8H17FO.C3H3F5O/c1-4-8(10-6-9)5-7(2)3;1-9-3(7,8)2(4,5)6/h7-8H,4-6H2,1-3H3;1H3/t8-;/m1./s1. The van der Waals surface area contributed by atoms with Gasteiger partial charge in [-0.05, 0) is 18.8 Å². The van der Waals surface area contributed by atoms with E-state index in [-0.39, 0.29) is 13.2 Å². The normalized spacial score (nSPS) is 14.1. The summed E-state index contributed by atoms with van der Waals surface area (Å²) in [6.45, 7) is 5.60. The van der Waals surface area contributed by atoms with E-state index in [0.717, 1.165) is 12.8 Å². The molecule has 0 unspecified atom stereocenters. The first kappa shape index (κ1) is 20.8. The van der Waals surface area contributed by atoms with E-state index in [9.17, 15) is 26.3 Å². The quantitative estimate of drug-likeness (QED) is 0.670. The molecule has 1 atom stereocenters. The number of ether oxygens (including phenoxy) is 2. The summed E-state index contributed by atoms with van der Waals surface area (Å²) in [6.07, 6.45) is -8.65. The van der Waals surface area contributed by atoms with Crippen LogP contribution < -0.4 is 0 Å². The van der Waals surface area contributed by atoms with E-state index in [4.69, 9.17) is 4.74 Å². The molecule has 0 rings (SSSR count). The maximum absolute atomic E-state index is 11.7. The number of halogens is 6. The van der Waals surface area contributed by atoms with Gasteiger partial charge < -0.3 is 9.47 Å². The van der Waals surface area contributed by atoms with E-state index in [1.54, 1.807) is 0 Å². The Labute approximate surface area is 109 Å². The van der Waals surface area contributed by atoms with Crippen LogP contribution in [0.3, 0.4) is 0 Å². The Morgan fingerprint density at radius 2 is 1.53 bits per heavy atom. The average Bonchev–Trinajstić information content (AvgIpc) is 2.27. The molecular weight excluding hydrogens is 278 g/mol. The number of rotatable bonds is 6. The number of alkyl halides is 6. The lowest BCUT2D eigenvalue weighted by molar-refractivity contribution is -0.383. The Morgan fingerprint density at radius 1 is 1.05 bits per heavy atom. The van der Waals surface area contributed by atoms with Gasteiger partial charge in [0.1, 0.15) is 0 Å². The summed E-state index contributed by atoms with van der Waals surface area (Å²) < 4.78 is 74.8. The van der Waals surface area contributed by atoms with Gasteiger partial charge in [-0.25, -0.2) is 4.39 Å². The Bertz CT molecular complexity index is 218. The van der Waals surface area contributed by atoms with Gasteiger partial charge in [-0.2, -0.15) is 22.0 Å². The first-order valence-electron chi connectivity index (χ1n) is 5.69. The molecule has 0 aromatic carbocycles. The molecule has 0 fully saturated rings. The summed E-state index contributed by atoms with van der Waals surface area (Å²) in [5.41, 5.74) is 0. The Balaban J connectivity index is 0. The molecule has 0 aliphatic rings. The molecule has 0 aromatic heterocycles. The molecule has 0 spiro atoms. The van der Waals surface area contributed by atoms with Crippen molar-refractivity contribution in [3.05, 3.63) is 0 Å². The smallest absolute Gasteiger partial charge is 0.347 e. The predicted octanol–water partition coefficient (Wildman–Crippen LogP) is 4.54. The van der Waals surface area contributed by atoms with Gasteiger partial charge in [0.25, 0.3) is 0 Å². The summed E-state index contributed by atoms with van der Waals surface area (Å²) in [7, 11) is 0.285. The van der Waals surface area contributed by atoms with Crippen LogP contribution in [-0.4, -0.2) is 32.4 Å². The fourth-order valence-corrected chi connectivity index (χ4v) is 1.08. The van der Waals surface area contributed by atoms with Crippen molar-refractivity contribution in [1.29, 1.82) is 0 Å². The monoisotopic (exact) mass is 298 g/mol. The first-order valence-corrected chi connectivity index (χ1v) is 5.69. The van der Waals surface area contributed by atoms with Gasteiger partial charge in [-0.3, -0.25) is 0 Å². The Morgan fingerprint density at radius 3 is 1.68 bits per heavy atom. The summed E-state index contributed by atoms with van der Waals surface area (Å²) in [4.78, 5) is 0. The second kappa shape index (κ2) is 9.41. The minimum Gasteiger partial charge on any atom is -0.347 e. The van der Waals surface area contributed by atoms with Crippen LogP contribution in [0.2, 0.25) is 0 Å². The van der Waals surface area contributed by atoms with Gasteiger partial charge in [0.15, 0.2) is 6.86 Å². The van der Waals surface area contributed by atoms with Gasteiger partial charge in [-0.15, -0.1) is 0 Å². The summed E-state index contributed by atoms with van der Waals surface area (Å²) in [6, 6.07) is 0. The largest absolute Gasteiger partial charge is 0.482 e. The van der Waals surface area contributed by atoms with E-state index in [0.29, 0.717) is 5.92 Å². The fourth-order valence-electron chi connectivity index (χ4n) is 1.08. The first-order chi connectivity index (χ1) is 8.51. The van der Waals surface area contributed by atoms with Crippen LogP contribution in [0.25, 0.3) is 0 Å². The molecule has 0 aliphatic heterocycles. The molecule has 0 radical (unpaired) electrons. The third kappa shape index (κ3) is 10.0. The van der Waals surface area contributed by atoms with Gasteiger partial charge >= 0.3 is 12.3 Å². The highest BCUT2D eigenvalue weighted by Crippen LogP contribution is 2.35. The number of hydrogen-bond acceptors (Lipinski definition) is 2. The van der Waals surface area contributed by atoms with Crippen molar-refractivity contribution < 1.29 is 35.8 Å². The zero-order chi connectivity index (χ0) is 15.7. The Hall–Kier alpha value is -0.500. The van der Waals surface area contributed by atoms with Crippen LogP contribution in [0, 0.1) is 5.92 Å². The van der Waals surface area contributed by atoms with Crippen LogP contribution in [0.1, 0.15) is 33.6 Å². The molecule has 0 aliphatic carbocycles. The molecule has 0 aromatic rings. The lowest BCUT2D eigenvalue weighted by Crippen LogP contribution is -2.37. The minimum atomic E-state index is -5.61. The minimum absolute atomic E-state index is 0.116. The molecule has 0 amide bonds. The molecule has 118 valence electrons. The van der Waals surface area contributed by atoms with E-state index in [1.165, 1.54) is 0 Å². The van der Waals surface area contributed by atoms with Crippen molar-refractivity contribution >= 4 is 0 Å². The van der Waals surface area contributed by atoms with Gasteiger partial charge in [0.05, 0.1) is 6.10 Å². The average molecular weight is 298 g/mol. The van der Waals surface area contributed by atoms with E-state index in [1.807, 2.05) is 6.92 Å². The van der Waals surface area contributed by atoms with Crippen molar-refractivity contribution in [2.75, 3.05) is 14.0 Å². The highest BCUT2D eigenvalue weighted by atomic mass is 19.4. The number of methoxy groups -OCH3 is 1. The third-order valence-corrected chi connectivity index (χ3v) is 2.07. The summed E-state index contributed by atoms with van der Waals surface area (Å²) in [5.74, 6) is 0.594. The third-order valence-electron chi connectivity index (χ3n) is 2.07. The molecule has 0 bridgehead atoms. The highest BCUT2D eigenvalue weighted by Gasteiger charge is 2.58. The second-order valence-corrected chi connectivity index (χ2v) is 4.15. The van der Waals surface area contributed by atoms with Crippen molar-refractivity contribution in [3.63, 3.8) is 0 Å². The molecule has 2 nitrogen and oxygen atoms in total. The second-order valence-electron chi connectivity index (χ2n) is 4.15. The molecule has 0 N–H and O–H groups in total. The zero-order valence-corrected chi connectivity index (χ0v) is 11.4. The SMILES string of the molecule is CC[C@H](CC(C)C)OCF.COC(F)(F)C(F)(F)F. The van der Waals surface area contributed by atoms with Gasteiger partial charge in [0, 0.05) is 7.11 Å². The summed E-state index contributed by atoms with van der Waals surface area (Å²) >= 11 is 0. The predicted molar refractivity (Wildman–Crippen MR) is 58.6 cm³/mol. The molecular formula is C11H20F6O2. The van der Waals surface area contributed by atoms with Crippen LogP contribution in [0.5, 0.6) is 0 Å².